The maximum atomic E-state index is 11.6. The van der Waals surface area contributed by atoms with Gasteiger partial charge in [-0.15, -0.1) is 30.6 Å². The monoisotopic (exact) mass is 402 g/mol. The third-order valence-corrected chi connectivity index (χ3v) is 4.54. The van der Waals surface area contributed by atoms with Crippen molar-refractivity contribution in [3.63, 3.8) is 0 Å². The first kappa shape index (κ1) is 18.7. The second-order valence-electron chi connectivity index (χ2n) is 4.00. The van der Waals surface area contributed by atoms with Gasteiger partial charge in [0.2, 0.25) is 10.0 Å². The minimum atomic E-state index is -3.01. The van der Waals surface area contributed by atoms with Crippen molar-refractivity contribution in [1.29, 1.82) is 0 Å². The van der Waals surface area contributed by atoms with E-state index in [1.165, 1.54) is 4.31 Å². The Kier molecular flexibility index (Phi) is 9.36. The molecule has 1 heterocycles. The second kappa shape index (κ2) is 9.54. The van der Waals surface area contributed by atoms with Gasteiger partial charge in [-0.25, -0.2) is 12.7 Å². The van der Waals surface area contributed by atoms with Crippen LogP contribution in [0.15, 0.2) is 17.6 Å². The average Bonchev–Trinajstić information content (AvgIpc) is 2.66. The van der Waals surface area contributed by atoms with Gasteiger partial charge < -0.3 is 10.6 Å². The van der Waals surface area contributed by atoms with Crippen LogP contribution in [0.4, 0.5) is 0 Å². The van der Waals surface area contributed by atoms with Crippen molar-refractivity contribution in [2.24, 2.45) is 4.99 Å². The number of sulfonamides is 1. The highest BCUT2D eigenvalue weighted by atomic mass is 127. The highest BCUT2D eigenvalue weighted by Crippen LogP contribution is 2.12. The zero-order valence-electron chi connectivity index (χ0n) is 11.3. The van der Waals surface area contributed by atoms with Gasteiger partial charge in [0.25, 0.3) is 0 Å². The van der Waals surface area contributed by atoms with Crippen LogP contribution < -0.4 is 10.6 Å². The molecule has 19 heavy (non-hydrogen) atoms. The predicted molar refractivity (Wildman–Crippen MR) is 89.6 cm³/mol. The molecule has 1 aliphatic heterocycles. The first-order valence-electron chi connectivity index (χ1n) is 6.21. The van der Waals surface area contributed by atoms with E-state index < -0.39 is 10.0 Å². The van der Waals surface area contributed by atoms with E-state index in [0.717, 1.165) is 13.0 Å². The standard InChI is InChI=1S/C11H22N4O2S.HI/c1-3-6-13-11(12-4-2)14-7-9-15-8-5-10-18(15,16)17;/h3H,1,4-10H2,2H3,(H2,12,13,14);1H. The van der Waals surface area contributed by atoms with Crippen molar-refractivity contribution in [3.05, 3.63) is 12.7 Å². The lowest BCUT2D eigenvalue weighted by Crippen LogP contribution is -2.38. The number of aliphatic imine (C=N–C) groups is 1. The van der Waals surface area contributed by atoms with Crippen LogP contribution in [0, 0.1) is 0 Å². The summed E-state index contributed by atoms with van der Waals surface area (Å²) in [6.07, 6.45) is 2.47. The summed E-state index contributed by atoms with van der Waals surface area (Å²) in [5.41, 5.74) is 0. The molecule has 0 aliphatic carbocycles. The number of nitrogens with one attached hydrogen (secondary N) is 2. The first-order valence-corrected chi connectivity index (χ1v) is 7.82. The Hall–Kier alpha value is -0.350. The third-order valence-electron chi connectivity index (χ3n) is 2.58. The SMILES string of the molecule is C=CCNC(=NCCN1CCCS1(=O)=O)NCC.I. The Labute approximate surface area is 132 Å². The van der Waals surface area contributed by atoms with E-state index in [9.17, 15) is 8.42 Å². The first-order chi connectivity index (χ1) is 8.60. The van der Waals surface area contributed by atoms with Gasteiger partial charge in [-0.05, 0) is 13.3 Å². The van der Waals surface area contributed by atoms with Crippen LogP contribution in [-0.2, 0) is 10.0 Å². The Balaban J connectivity index is 0.00000324. The van der Waals surface area contributed by atoms with Gasteiger partial charge in [0, 0.05) is 26.2 Å². The lowest BCUT2D eigenvalue weighted by Gasteiger charge is -2.13. The molecule has 0 amide bonds. The van der Waals surface area contributed by atoms with Crippen LogP contribution >= 0.6 is 24.0 Å². The van der Waals surface area contributed by atoms with Crippen molar-refractivity contribution in [2.75, 3.05) is 38.5 Å². The van der Waals surface area contributed by atoms with Crippen LogP contribution in [0.2, 0.25) is 0 Å². The van der Waals surface area contributed by atoms with E-state index in [4.69, 9.17) is 0 Å². The molecule has 1 fully saturated rings. The van der Waals surface area contributed by atoms with Gasteiger partial charge in [0.15, 0.2) is 5.96 Å². The third kappa shape index (κ3) is 6.57. The molecule has 0 aromatic carbocycles. The largest absolute Gasteiger partial charge is 0.357 e. The number of hydrogen-bond acceptors (Lipinski definition) is 3. The predicted octanol–water partition coefficient (Wildman–Crippen LogP) is 0.381. The molecule has 0 bridgehead atoms. The van der Waals surface area contributed by atoms with E-state index in [-0.39, 0.29) is 29.7 Å². The van der Waals surface area contributed by atoms with Crippen LogP contribution in [0.25, 0.3) is 0 Å². The Bertz CT molecular complexity index is 397. The van der Waals surface area contributed by atoms with Gasteiger partial charge in [-0.1, -0.05) is 6.08 Å². The smallest absolute Gasteiger partial charge is 0.214 e. The molecule has 0 unspecified atom stereocenters. The van der Waals surface area contributed by atoms with Crippen molar-refractivity contribution < 1.29 is 8.42 Å². The number of halogens is 1. The maximum absolute atomic E-state index is 11.6. The fourth-order valence-corrected chi connectivity index (χ4v) is 3.25. The van der Waals surface area contributed by atoms with E-state index in [1.807, 2.05) is 6.92 Å². The zero-order chi connectivity index (χ0) is 13.4. The Morgan fingerprint density at radius 2 is 2.21 bits per heavy atom. The molecule has 2 N–H and O–H groups in total. The van der Waals surface area contributed by atoms with E-state index >= 15 is 0 Å². The molecule has 6 nitrogen and oxygen atoms in total. The fourth-order valence-electron chi connectivity index (χ4n) is 1.73. The molecule has 0 radical (unpaired) electrons. The van der Waals surface area contributed by atoms with E-state index in [1.54, 1.807) is 6.08 Å². The van der Waals surface area contributed by atoms with Crippen molar-refractivity contribution >= 4 is 40.0 Å². The summed E-state index contributed by atoms with van der Waals surface area (Å²) in [4.78, 5) is 4.32. The average molecular weight is 402 g/mol. The Morgan fingerprint density at radius 3 is 2.74 bits per heavy atom. The summed E-state index contributed by atoms with van der Waals surface area (Å²) < 4.78 is 24.6. The normalized spacial score (nSPS) is 18.7. The fraction of sp³-hybridized carbons (Fsp3) is 0.727. The molecule has 1 saturated heterocycles. The molecule has 0 saturated carbocycles. The molecule has 8 heteroatoms. The number of guanidine groups is 1. The molecular weight excluding hydrogens is 379 g/mol. The number of nitrogens with zero attached hydrogens (tertiary/aromatic N) is 2. The minimum Gasteiger partial charge on any atom is -0.357 e. The van der Waals surface area contributed by atoms with E-state index in [0.29, 0.717) is 32.1 Å². The summed E-state index contributed by atoms with van der Waals surface area (Å²) in [7, 11) is -3.01. The van der Waals surface area contributed by atoms with Crippen LogP contribution in [-0.4, -0.2) is 57.2 Å². The van der Waals surface area contributed by atoms with E-state index in [2.05, 4.69) is 22.2 Å². The van der Waals surface area contributed by atoms with Gasteiger partial charge in [0.1, 0.15) is 0 Å². The highest BCUT2D eigenvalue weighted by Gasteiger charge is 2.27. The lowest BCUT2D eigenvalue weighted by molar-refractivity contribution is 0.452. The number of rotatable bonds is 6. The molecule has 0 atom stereocenters. The summed E-state index contributed by atoms with van der Waals surface area (Å²) >= 11 is 0. The zero-order valence-corrected chi connectivity index (χ0v) is 14.4. The molecule has 0 aromatic heterocycles. The summed E-state index contributed by atoms with van der Waals surface area (Å²) in [6, 6.07) is 0. The van der Waals surface area contributed by atoms with Gasteiger partial charge in [0.05, 0.1) is 12.3 Å². The van der Waals surface area contributed by atoms with Crippen LogP contribution in [0.3, 0.4) is 0 Å². The van der Waals surface area contributed by atoms with Crippen molar-refractivity contribution in [1.82, 2.24) is 14.9 Å². The second-order valence-corrected chi connectivity index (χ2v) is 6.09. The van der Waals surface area contributed by atoms with Gasteiger partial charge in [-0.2, -0.15) is 0 Å². The lowest BCUT2D eigenvalue weighted by atomic mass is 10.5. The topological polar surface area (TPSA) is 73.8 Å². The molecule has 0 aromatic rings. The molecule has 112 valence electrons. The van der Waals surface area contributed by atoms with Crippen molar-refractivity contribution in [2.45, 2.75) is 13.3 Å². The summed E-state index contributed by atoms with van der Waals surface area (Å²) in [5, 5.41) is 6.16. The molecule has 1 rings (SSSR count). The van der Waals surface area contributed by atoms with Crippen LogP contribution in [0.1, 0.15) is 13.3 Å². The molecule has 1 aliphatic rings. The minimum absolute atomic E-state index is 0. The quantitative estimate of drug-likeness (QED) is 0.292. The van der Waals surface area contributed by atoms with Gasteiger partial charge >= 0.3 is 0 Å². The van der Waals surface area contributed by atoms with Crippen molar-refractivity contribution in [3.8, 4) is 0 Å². The van der Waals surface area contributed by atoms with Crippen LogP contribution in [0.5, 0.6) is 0 Å². The molecular formula is C11H23IN4O2S. The Morgan fingerprint density at radius 1 is 1.47 bits per heavy atom. The molecule has 0 spiro atoms. The maximum Gasteiger partial charge on any atom is 0.214 e. The number of hydrogen-bond donors (Lipinski definition) is 2. The summed E-state index contributed by atoms with van der Waals surface area (Å²) in [5.74, 6) is 0.958. The highest BCUT2D eigenvalue weighted by molar-refractivity contribution is 14.0. The summed E-state index contributed by atoms with van der Waals surface area (Å²) in [6.45, 7) is 8.54. The van der Waals surface area contributed by atoms with Gasteiger partial charge in [-0.3, -0.25) is 4.99 Å².